The van der Waals surface area contributed by atoms with Crippen molar-refractivity contribution in [3.63, 3.8) is 0 Å². The molecule has 3 rings (SSSR count). The zero-order valence-electron chi connectivity index (χ0n) is 15.4. The number of nitrogens with one attached hydrogen (secondary N) is 2. The molecule has 0 bridgehead atoms. The van der Waals surface area contributed by atoms with E-state index >= 15 is 0 Å². The van der Waals surface area contributed by atoms with Gasteiger partial charge in [0.25, 0.3) is 0 Å². The molecule has 1 aromatic carbocycles. The van der Waals surface area contributed by atoms with Gasteiger partial charge in [0.2, 0.25) is 0 Å². The van der Waals surface area contributed by atoms with Crippen LogP contribution in [0.2, 0.25) is 0 Å². The van der Waals surface area contributed by atoms with Crippen LogP contribution in [-0.4, -0.2) is 51.8 Å². The van der Waals surface area contributed by atoms with Crippen LogP contribution in [-0.2, 0) is 20.1 Å². The van der Waals surface area contributed by atoms with Crippen LogP contribution in [0.5, 0.6) is 0 Å². The van der Waals surface area contributed by atoms with Gasteiger partial charge in [-0.25, -0.2) is 0 Å². The lowest BCUT2D eigenvalue weighted by Crippen LogP contribution is -2.44. The topological polar surface area (TPSA) is 70.4 Å². The van der Waals surface area contributed by atoms with Crippen molar-refractivity contribution in [2.75, 3.05) is 20.1 Å². The number of aryl methyl sites for hydroxylation is 1. The summed E-state index contributed by atoms with van der Waals surface area (Å²) < 4.78 is 1.90. The van der Waals surface area contributed by atoms with Gasteiger partial charge in [0.15, 0.2) is 11.8 Å². The highest BCUT2D eigenvalue weighted by molar-refractivity contribution is 14.0. The molecule has 2 heterocycles. The Morgan fingerprint density at radius 3 is 2.77 bits per heavy atom. The second-order valence-corrected chi connectivity index (χ2v) is 6.42. The second-order valence-electron chi connectivity index (χ2n) is 6.42. The normalized spacial score (nSPS) is 17.8. The summed E-state index contributed by atoms with van der Waals surface area (Å²) in [6.45, 7) is 3.67. The van der Waals surface area contributed by atoms with Crippen LogP contribution in [0.4, 0.5) is 0 Å². The number of likely N-dealkylation sites (tertiary alicyclic amines) is 1. The van der Waals surface area contributed by atoms with E-state index in [1.807, 2.05) is 11.6 Å². The van der Waals surface area contributed by atoms with Crippen LogP contribution in [0.15, 0.2) is 41.7 Å². The van der Waals surface area contributed by atoms with Crippen molar-refractivity contribution in [2.24, 2.45) is 12.0 Å². The van der Waals surface area contributed by atoms with E-state index in [1.165, 1.54) is 18.4 Å². The third kappa shape index (κ3) is 5.66. The Bertz CT molecular complexity index is 686. The highest BCUT2D eigenvalue weighted by Gasteiger charge is 2.24. The van der Waals surface area contributed by atoms with Gasteiger partial charge in [0.1, 0.15) is 6.33 Å². The summed E-state index contributed by atoms with van der Waals surface area (Å²) in [5, 5.41) is 14.7. The molecular weight excluding hydrogens is 441 g/mol. The smallest absolute Gasteiger partial charge is 0.191 e. The fourth-order valence-corrected chi connectivity index (χ4v) is 3.22. The molecule has 8 heteroatoms. The number of benzene rings is 1. The molecule has 7 nitrogen and oxygen atoms in total. The number of hydrogen-bond acceptors (Lipinski definition) is 4. The van der Waals surface area contributed by atoms with Crippen LogP contribution in [0.3, 0.4) is 0 Å². The number of rotatable bonds is 6. The third-order valence-corrected chi connectivity index (χ3v) is 4.68. The number of guanidine groups is 1. The Balaban J connectivity index is 0.00000243. The lowest BCUT2D eigenvalue weighted by Gasteiger charge is -2.25. The highest BCUT2D eigenvalue weighted by Crippen LogP contribution is 2.19. The molecule has 1 unspecified atom stereocenters. The molecule has 142 valence electrons. The quantitative estimate of drug-likeness (QED) is 0.384. The van der Waals surface area contributed by atoms with Crippen LogP contribution < -0.4 is 10.6 Å². The van der Waals surface area contributed by atoms with E-state index in [0.29, 0.717) is 12.6 Å². The van der Waals surface area contributed by atoms with E-state index in [-0.39, 0.29) is 24.0 Å². The van der Waals surface area contributed by atoms with Gasteiger partial charge in [-0.1, -0.05) is 30.3 Å². The number of aliphatic imine (C=N–C) groups is 1. The first-order valence-electron chi connectivity index (χ1n) is 8.81. The van der Waals surface area contributed by atoms with E-state index in [4.69, 9.17) is 0 Å². The van der Waals surface area contributed by atoms with Gasteiger partial charge in [0.05, 0.1) is 6.54 Å². The molecule has 0 spiro atoms. The molecule has 2 aromatic rings. The number of hydrogen-bond donors (Lipinski definition) is 2. The van der Waals surface area contributed by atoms with E-state index in [2.05, 4.69) is 61.1 Å². The Morgan fingerprint density at radius 2 is 2.08 bits per heavy atom. The predicted octanol–water partition coefficient (Wildman–Crippen LogP) is 1.76. The Morgan fingerprint density at radius 1 is 1.27 bits per heavy atom. The van der Waals surface area contributed by atoms with Crippen molar-refractivity contribution < 1.29 is 0 Å². The van der Waals surface area contributed by atoms with E-state index in [1.54, 1.807) is 13.4 Å². The predicted molar refractivity (Wildman–Crippen MR) is 114 cm³/mol. The zero-order chi connectivity index (χ0) is 17.5. The minimum atomic E-state index is 0. The number of halogens is 1. The first-order chi connectivity index (χ1) is 12.3. The molecule has 1 aliphatic heterocycles. The van der Waals surface area contributed by atoms with Gasteiger partial charge in [-0.15, -0.1) is 34.2 Å². The van der Waals surface area contributed by atoms with Crippen molar-refractivity contribution in [1.29, 1.82) is 0 Å². The molecule has 2 N–H and O–H groups in total. The Kier molecular flexibility index (Phi) is 8.30. The average Bonchev–Trinajstić information content (AvgIpc) is 3.25. The molecule has 1 saturated heterocycles. The first kappa shape index (κ1) is 20.6. The van der Waals surface area contributed by atoms with Gasteiger partial charge >= 0.3 is 0 Å². The summed E-state index contributed by atoms with van der Waals surface area (Å²) in [6, 6.07) is 11.2. The Hall–Kier alpha value is -1.68. The van der Waals surface area contributed by atoms with Crippen LogP contribution in [0.25, 0.3) is 0 Å². The van der Waals surface area contributed by atoms with E-state index < -0.39 is 0 Å². The third-order valence-electron chi connectivity index (χ3n) is 4.68. The van der Waals surface area contributed by atoms with Crippen LogP contribution >= 0.6 is 24.0 Å². The maximum absolute atomic E-state index is 4.31. The second kappa shape index (κ2) is 10.5. The van der Waals surface area contributed by atoms with Crippen molar-refractivity contribution >= 4 is 29.9 Å². The van der Waals surface area contributed by atoms with Gasteiger partial charge in [0, 0.05) is 33.2 Å². The van der Waals surface area contributed by atoms with E-state index in [9.17, 15) is 0 Å². The van der Waals surface area contributed by atoms with E-state index in [0.717, 1.165) is 31.4 Å². The molecule has 1 aliphatic rings. The molecule has 0 aliphatic carbocycles. The lowest BCUT2D eigenvalue weighted by atomic mass is 10.2. The van der Waals surface area contributed by atoms with Gasteiger partial charge in [-0.05, 0) is 24.9 Å². The fourth-order valence-electron chi connectivity index (χ4n) is 3.22. The van der Waals surface area contributed by atoms with Crippen molar-refractivity contribution in [1.82, 2.24) is 30.3 Å². The minimum absolute atomic E-state index is 0. The summed E-state index contributed by atoms with van der Waals surface area (Å²) in [4.78, 5) is 6.86. The molecular formula is C18H28IN7. The highest BCUT2D eigenvalue weighted by atomic mass is 127. The average molecular weight is 469 g/mol. The van der Waals surface area contributed by atoms with Crippen molar-refractivity contribution in [3.05, 3.63) is 48.0 Å². The monoisotopic (exact) mass is 469 g/mol. The SMILES string of the molecule is CN=C(NCc1nncn1C)NCC1CCCN1Cc1ccccc1.I. The molecule has 26 heavy (non-hydrogen) atoms. The lowest BCUT2D eigenvalue weighted by molar-refractivity contribution is 0.245. The van der Waals surface area contributed by atoms with Crippen LogP contribution in [0, 0.1) is 0 Å². The van der Waals surface area contributed by atoms with Crippen molar-refractivity contribution in [3.8, 4) is 0 Å². The number of aromatic nitrogens is 3. The zero-order valence-corrected chi connectivity index (χ0v) is 17.8. The molecule has 1 fully saturated rings. The number of nitrogens with zero attached hydrogens (tertiary/aromatic N) is 5. The van der Waals surface area contributed by atoms with Crippen LogP contribution in [0.1, 0.15) is 24.2 Å². The van der Waals surface area contributed by atoms with Gasteiger partial charge in [-0.2, -0.15) is 0 Å². The molecule has 0 amide bonds. The summed E-state index contributed by atoms with van der Waals surface area (Å²) in [6.07, 6.45) is 4.18. The summed E-state index contributed by atoms with van der Waals surface area (Å²) >= 11 is 0. The standard InChI is InChI=1S/C18H27N7.HI/c1-19-18(21-12-17-23-22-14-24(17)2)20-11-16-9-6-10-25(16)13-15-7-4-3-5-8-15;/h3-5,7-8,14,16H,6,9-13H2,1-2H3,(H2,19,20,21);1H. The van der Waals surface area contributed by atoms with Gasteiger partial charge in [-0.3, -0.25) is 9.89 Å². The summed E-state index contributed by atoms with van der Waals surface area (Å²) in [7, 11) is 3.73. The Labute approximate surface area is 172 Å². The molecule has 0 saturated carbocycles. The van der Waals surface area contributed by atoms with Gasteiger partial charge < -0.3 is 15.2 Å². The maximum Gasteiger partial charge on any atom is 0.191 e. The summed E-state index contributed by atoms with van der Waals surface area (Å²) in [5.74, 6) is 1.68. The first-order valence-corrected chi connectivity index (χ1v) is 8.81. The molecule has 1 atom stereocenters. The molecule has 1 aromatic heterocycles. The fraction of sp³-hybridized carbons (Fsp3) is 0.500. The minimum Gasteiger partial charge on any atom is -0.355 e. The maximum atomic E-state index is 4.31. The molecule has 0 radical (unpaired) electrons. The van der Waals surface area contributed by atoms with Crippen molar-refractivity contribution in [2.45, 2.75) is 32.0 Å². The summed E-state index contributed by atoms with van der Waals surface area (Å²) in [5.41, 5.74) is 1.37. The largest absolute Gasteiger partial charge is 0.355 e.